The van der Waals surface area contributed by atoms with Crippen LogP contribution in [-0.4, -0.2) is 23.3 Å². The Balaban J connectivity index is 1.81. The van der Waals surface area contributed by atoms with Gasteiger partial charge in [0.2, 0.25) is 0 Å². The van der Waals surface area contributed by atoms with Crippen LogP contribution in [0, 0.1) is 6.92 Å². The van der Waals surface area contributed by atoms with Crippen molar-refractivity contribution in [2.75, 3.05) is 6.61 Å². The minimum absolute atomic E-state index is 0.0233. The summed E-state index contributed by atoms with van der Waals surface area (Å²) in [5, 5.41) is 0.674. The number of hydrogen-bond donors (Lipinski definition) is 1. The first-order chi connectivity index (χ1) is 12.5. The van der Waals surface area contributed by atoms with Crippen LogP contribution in [0.2, 0.25) is 5.02 Å². The van der Waals surface area contributed by atoms with Crippen LogP contribution in [-0.2, 0) is 11.2 Å². The van der Waals surface area contributed by atoms with Gasteiger partial charge in [-0.2, -0.15) is 0 Å². The fourth-order valence-corrected chi connectivity index (χ4v) is 3.94. The predicted molar refractivity (Wildman–Crippen MR) is 102 cm³/mol. The van der Waals surface area contributed by atoms with Gasteiger partial charge in [0.15, 0.2) is 5.78 Å². The molecule has 1 heterocycles. The molecule has 1 aromatic heterocycles. The summed E-state index contributed by atoms with van der Waals surface area (Å²) in [4.78, 5) is 28.2. The molecule has 1 atom stereocenters. The van der Waals surface area contributed by atoms with E-state index in [2.05, 4.69) is 11.9 Å². The number of hydrogen-bond acceptors (Lipinski definition) is 3. The molecular weight excluding hydrogens is 350 g/mol. The molecule has 26 heavy (non-hydrogen) atoms. The van der Waals surface area contributed by atoms with Crippen LogP contribution in [0.1, 0.15) is 76.2 Å². The van der Waals surface area contributed by atoms with Gasteiger partial charge < -0.3 is 9.72 Å². The molecule has 0 fully saturated rings. The third-order valence-electron chi connectivity index (χ3n) is 5.02. The van der Waals surface area contributed by atoms with Gasteiger partial charge in [-0.15, -0.1) is 0 Å². The first-order valence-electron chi connectivity index (χ1n) is 9.19. The molecule has 0 amide bonds. The lowest BCUT2D eigenvalue weighted by atomic mass is 9.81. The van der Waals surface area contributed by atoms with E-state index in [0.717, 1.165) is 30.5 Å². The Morgan fingerprint density at radius 3 is 2.77 bits per heavy atom. The Morgan fingerprint density at radius 1 is 1.27 bits per heavy atom. The molecule has 1 N–H and O–H groups in total. The topological polar surface area (TPSA) is 59.2 Å². The molecule has 0 bridgehead atoms. The third kappa shape index (κ3) is 3.70. The van der Waals surface area contributed by atoms with Gasteiger partial charge in [0, 0.05) is 22.7 Å². The summed E-state index contributed by atoms with van der Waals surface area (Å²) in [5.41, 5.74) is 3.53. The van der Waals surface area contributed by atoms with E-state index in [-0.39, 0.29) is 17.7 Å². The van der Waals surface area contributed by atoms with Crippen LogP contribution in [0.25, 0.3) is 0 Å². The zero-order chi connectivity index (χ0) is 18.7. The minimum Gasteiger partial charge on any atom is -0.461 e. The quantitative estimate of drug-likeness (QED) is 0.556. The first kappa shape index (κ1) is 18.7. The SMILES string of the molecule is CCCCCOC(=O)c1[nH]c2c(c1C)C(=O)CC(c1ccccc1Cl)C2. The van der Waals surface area contributed by atoms with Gasteiger partial charge in [0.1, 0.15) is 5.69 Å². The highest BCUT2D eigenvalue weighted by Gasteiger charge is 2.32. The van der Waals surface area contributed by atoms with Crippen molar-refractivity contribution < 1.29 is 14.3 Å². The molecule has 0 spiro atoms. The first-order valence-corrected chi connectivity index (χ1v) is 9.56. The number of rotatable bonds is 6. The molecule has 138 valence electrons. The number of fused-ring (bicyclic) bond motifs is 1. The molecule has 0 aliphatic heterocycles. The predicted octanol–water partition coefficient (Wildman–Crippen LogP) is 5.24. The zero-order valence-corrected chi connectivity index (χ0v) is 16.0. The van der Waals surface area contributed by atoms with E-state index in [1.165, 1.54) is 0 Å². The van der Waals surface area contributed by atoms with Gasteiger partial charge >= 0.3 is 5.97 Å². The number of H-pyrrole nitrogens is 1. The zero-order valence-electron chi connectivity index (χ0n) is 15.2. The van der Waals surface area contributed by atoms with Crippen LogP contribution in [0.3, 0.4) is 0 Å². The minimum atomic E-state index is -0.380. The largest absolute Gasteiger partial charge is 0.461 e. The molecule has 5 heteroatoms. The van der Waals surface area contributed by atoms with Gasteiger partial charge in [0.05, 0.1) is 6.61 Å². The Morgan fingerprint density at radius 2 is 2.04 bits per heavy atom. The highest BCUT2D eigenvalue weighted by Crippen LogP contribution is 2.37. The number of halogens is 1. The van der Waals surface area contributed by atoms with Crippen LogP contribution < -0.4 is 0 Å². The number of ketones is 1. The standard InChI is InChI=1S/C21H24ClNO3/c1-3-4-7-10-26-21(25)20-13(2)19-17(23-20)11-14(12-18(19)24)15-8-5-6-9-16(15)22/h5-6,8-9,14,23H,3-4,7,10-12H2,1-2H3. The van der Waals surface area contributed by atoms with Crippen molar-refractivity contribution in [3.05, 3.63) is 57.4 Å². The Kier molecular flexibility index (Phi) is 5.82. The lowest BCUT2D eigenvalue weighted by Gasteiger charge is -2.22. The number of benzene rings is 1. The van der Waals surface area contributed by atoms with Crippen molar-refractivity contribution in [3.8, 4) is 0 Å². The number of unbranched alkanes of at least 4 members (excludes halogenated alkanes) is 2. The average Bonchev–Trinajstić information content (AvgIpc) is 2.96. The van der Waals surface area contributed by atoms with Crippen LogP contribution >= 0.6 is 11.6 Å². The molecule has 1 aliphatic rings. The number of nitrogens with one attached hydrogen (secondary N) is 1. The summed E-state index contributed by atoms with van der Waals surface area (Å²) in [6.07, 6.45) is 4.03. The normalized spacial score (nSPS) is 16.4. The van der Waals surface area contributed by atoms with Gasteiger partial charge in [-0.1, -0.05) is 49.6 Å². The van der Waals surface area contributed by atoms with E-state index in [0.29, 0.717) is 41.3 Å². The van der Waals surface area contributed by atoms with Crippen molar-refractivity contribution in [3.63, 3.8) is 0 Å². The Bertz CT molecular complexity index is 825. The lowest BCUT2D eigenvalue weighted by Crippen LogP contribution is -2.18. The van der Waals surface area contributed by atoms with Gasteiger partial charge in [-0.25, -0.2) is 4.79 Å². The molecule has 2 aromatic rings. The van der Waals surface area contributed by atoms with Crippen molar-refractivity contribution in [1.82, 2.24) is 4.98 Å². The van der Waals surface area contributed by atoms with Crippen molar-refractivity contribution in [2.24, 2.45) is 0 Å². The lowest BCUT2D eigenvalue weighted by molar-refractivity contribution is 0.0491. The fraction of sp³-hybridized carbons (Fsp3) is 0.429. The molecule has 1 aliphatic carbocycles. The van der Waals surface area contributed by atoms with Crippen LogP contribution in [0.4, 0.5) is 0 Å². The maximum Gasteiger partial charge on any atom is 0.355 e. The summed E-state index contributed by atoms with van der Waals surface area (Å²) < 4.78 is 5.35. The average molecular weight is 374 g/mol. The molecular formula is C21H24ClNO3. The number of aromatic nitrogens is 1. The Hall–Kier alpha value is -2.07. The smallest absolute Gasteiger partial charge is 0.355 e. The van der Waals surface area contributed by atoms with Crippen molar-refractivity contribution in [2.45, 2.75) is 51.9 Å². The second kappa shape index (κ2) is 8.09. The summed E-state index contributed by atoms with van der Waals surface area (Å²) in [5.74, 6) is -0.305. The van der Waals surface area contributed by atoms with Gasteiger partial charge in [0.25, 0.3) is 0 Å². The van der Waals surface area contributed by atoms with Crippen LogP contribution in [0.5, 0.6) is 0 Å². The van der Waals surface area contributed by atoms with Crippen LogP contribution in [0.15, 0.2) is 24.3 Å². The molecule has 0 radical (unpaired) electrons. The molecule has 3 rings (SSSR count). The second-order valence-corrected chi connectivity index (χ2v) is 7.28. The second-order valence-electron chi connectivity index (χ2n) is 6.87. The number of ether oxygens (including phenoxy) is 1. The van der Waals surface area contributed by atoms with E-state index < -0.39 is 0 Å². The van der Waals surface area contributed by atoms with E-state index >= 15 is 0 Å². The summed E-state index contributed by atoms with van der Waals surface area (Å²) in [6, 6.07) is 7.62. The van der Waals surface area contributed by atoms with E-state index in [1.54, 1.807) is 0 Å². The maximum absolute atomic E-state index is 12.7. The fourth-order valence-electron chi connectivity index (χ4n) is 3.65. The highest BCUT2D eigenvalue weighted by atomic mass is 35.5. The van der Waals surface area contributed by atoms with E-state index in [4.69, 9.17) is 16.3 Å². The molecule has 1 unspecified atom stereocenters. The summed E-state index contributed by atoms with van der Waals surface area (Å²) >= 11 is 6.31. The van der Waals surface area contributed by atoms with E-state index in [1.807, 2.05) is 31.2 Å². The number of carbonyl (C=O) groups excluding carboxylic acids is 2. The van der Waals surface area contributed by atoms with Gasteiger partial charge in [-0.05, 0) is 42.9 Å². The van der Waals surface area contributed by atoms with Gasteiger partial charge in [-0.3, -0.25) is 4.79 Å². The number of aromatic amines is 1. The van der Waals surface area contributed by atoms with E-state index in [9.17, 15) is 9.59 Å². The molecule has 0 saturated heterocycles. The number of carbonyl (C=O) groups is 2. The maximum atomic E-state index is 12.7. The van der Waals surface area contributed by atoms with Crippen molar-refractivity contribution >= 4 is 23.4 Å². The highest BCUT2D eigenvalue weighted by molar-refractivity contribution is 6.31. The molecule has 4 nitrogen and oxygen atoms in total. The summed E-state index contributed by atoms with van der Waals surface area (Å²) in [7, 11) is 0. The number of Topliss-reactive ketones (excluding diaryl/α,β-unsaturated/α-hetero) is 1. The molecule has 1 aromatic carbocycles. The monoisotopic (exact) mass is 373 g/mol. The molecule has 0 saturated carbocycles. The van der Waals surface area contributed by atoms with Crippen molar-refractivity contribution in [1.29, 1.82) is 0 Å². The third-order valence-corrected chi connectivity index (χ3v) is 5.36. The Labute approximate surface area is 158 Å². The number of esters is 1. The summed E-state index contributed by atoms with van der Waals surface area (Å²) in [6.45, 7) is 4.32.